The van der Waals surface area contributed by atoms with Crippen LogP contribution in [-0.4, -0.2) is 18.8 Å². The van der Waals surface area contributed by atoms with Crippen molar-refractivity contribution in [2.45, 2.75) is 19.9 Å². The zero-order valence-corrected chi connectivity index (χ0v) is 14.2. The van der Waals surface area contributed by atoms with Gasteiger partial charge in [-0.3, -0.25) is 0 Å². The van der Waals surface area contributed by atoms with E-state index in [4.69, 9.17) is 17.0 Å². The van der Waals surface area contributed by atoms with Crippen molar-refractivity contribution in [1.82, 2.24) is 10.6 Å². The molecule has 0 radical (unpaired) electrons. The molecule has 2 rings (SSSR count). The second kappa shape index (κ2) is 8.48. The fourth-order valence-electron chi connectivity index (χ4n) is 2.26. The summed E-state index contributed by atoms with van der Waals surface area (Å²) in [6.45, 7) is 3.35. The monoisotopic (exact) mass is 332 g/mol. The summed E-state index contributed by atoms with van der Waals surface area (Å²) in [5.41, 5.74) is 3.34. The lowest BCUT2D eigenvalue weighted by Gasteiger charge is -2.12. The number of methoxy groups -OCH3 is 1. The first-order valence-corrected chi connectivity index (χ1v) is 7.89. The number of nitrogens with one attached hydrogen (secondary N) is 2. The van der Waals surface area contributed by atoms with E-state index >= 15 is 0 Å². The molecule has 0 spiro atoms. The maximum absolute atomic E-state index is 12.8. The molecule has 0 aliphatic rings. The van der Waals surface area contributed by atoms with Crippen LogP contribution in [0.4, 0.5) is 4.39 Å². The number of ether oxygens (including phenoxy) is 1. The van der Waals surface area contributed by atoms with E-state index < -0.39 is 0 Å². The van der Waals surface area contributed by atoms with Crippen molar-refractivity contribution in [3.63, 3.8) is 0 Å². The van der Waals surface area contributed by atoms with Gasteiger partial charge in [0, 0.05) is 13.1 Å². The molecule has 0 fully saturated rings. The fourth-order valence-corrected chi connectivity index (χ4v) is 2.43. The molecule has 2 N–H and O–H groups in total. The van der Waals surface area contributed by atoms with Crippen LogP contribution in [0.25, 0.3) is 0 Å². The van der Waals surface area contributed by atoms with Crippen LogP contribution in [-0.2, 0) is 13.0 Å². The topological polar surface area (TPSA) is 33.3 Å². The third-order valence-electron chi connectivity index (χ3n) is 3.48. The average Bonchev–Trinajstić information content (AvgIpc) is 2.54. The van der Waals surface area contributed by atoms with E-state index in [0.29, 0.717) is 11.7 Å². The molecule has 0 unspecified atom stereocenters. The average molecular weight is 332 g/mol. The molecular formula is C18H21FN2OS. The largest absolute Gasteiger partial charge is 0.496 e. The van der Waals surface area contributed by atoms with Gasteiger partial charge in [0.2, 0.25) is 0 Å². The second-order valence-corrected chi connectivity index (χ2v) is 5.71. The Hall–Kier alpha value is -2.14. The van der Waals surface area contributed by atoms with Gasteiger partial charge in [-0.1, -0.05) is 29.8 Å². The van der Waals surface area contributed by atoms with Crippen molar-refractivity contribution >= 4 is 17.3 Å². The van der Waals surface area contributed by atoms with E-state index in [2.05, 4.69) is 23.6 Å². The predicted molar refractivity (Wildman–Crippen MR) is 95.3 cm³/mol. The molecule has 0 aliphatic carbocycles. The smallest absolute Gasteiger partial charge is 0.166 e. The van der Waals surface area contributed by atoms with Crippen molar-refractivity contribution in [3.05, 3.63) is 65.0 Å². The van der Waals surface area contributed by atoms with Gasteiger partial charge in [0.05, 0.1) is 7.11 Å². The number of halogens is 1. The maximum Gasteiger partial charge on any atom is 0.166 e. The molecular weight excluding hydrogens is 311 g/mol. The van der Waals surface area contributed by atoms with Crippen LogP contribution in [0.2, 0.25) is 0 Å². The molecule has 0 saturated carbocycles. The van der Waals surface area contributed by atoms with Gasteiger partial charge in [0.15, 0.2) is 5.11 Å². The summed E-state index contributed by atoms with van der Waals surface area (Å²) in [6, 6.07) is 12.5. The molecule has 5 heteroatoms. The number of thiocarbonyl (C=S) groups is 1. The van der Waals surface area contributed by atoms with Crippen molar-refractivity contribution in [1.29, 1.82) is 0 Å². The first-order valence-electron chi connectivity index (χ1n) is 7.48. The summed E-state index contributed by atoms with van der Waals surface area (Å²) in [5.74, 6) is 0.657. The predicted octanol–water partition coefficient (Wildman–Crippen LogP) is 3.35. The van der Waals surface area contributed by atoms with Crippen LogP contribution in [0.15, 0.2) is 42.5 Å². The van der Waals surface area contributed by atoms with Gasteiger partial charge in [-0.15, -0.1) is 0 Å². The molecule has 2 aromatic carbocycles. The quantitative estimate of drug-likeness (QED) is 0.795. The van der Waals surface area contributed by atoms with Gasteiger partial charge in [-0.2, -0.15) is 0 Å². The zero-order chi connectivity index (χ0) is 16.7. The minimum Gasteiger partial charge on any atom is -0.496 e. The van der Waals surface area contributed by atoms with Gasteiger partial charge >= 0.3 is 0 Å². The van der Waals surface area contributed by atoms with Crippen LogP contribution in [0.3, 0.4) is 0 Å². The van der Waals surface area contributed by atoms with E-state index in [1.54, 1.807) is 19.2 Å². The van der Waals surface area contributed by atoms with Gasteiger partial charge in [0.25, 0.3) is 0 Å². The molecule has 0 aliphatic heterocycles. The molecule has 0 atom stereocenters. The minimum atomic E-state index is -0.235. The number of hydrogen-bond donors (Lipinski definition) is 2. The van der Waals surface area contributed by atoms with Crippen molar-refractivity contribution in [2.75, 3.05) is 13.7 Å². The van der Waals surface area contributed by atoms with Crippen molar-refractivity contribution < 1.29 is 9.13 Å². The van der Waals surface area contributed by atoms with Crippen LogP contribution in [0.5, 0.6) is 5.75 Å². The lowest BCUT2D eigenvalue weighted by molar-refractivity contribution is 0.409. The molecule has 0 bridgehead atoms. The zero-order valence-electron chi connectivity index (χ0n) is 13.4. The Morgan fingerprint density at radius 3 is 2.57 bits per heavy atom. The lowest BCUT2D eigenvalue weighted by atomic mass is 10.1. The summed E-state index contributed by atoms with van der Waals surface area (Å²) in [7, 11) is 1.68. The minimum absolute atomic E-state index is 0.235. The summed E-state index contributed by atoms with van der Waals surface area (Å²) in [6.07, 6.45) is 0.823. The first-order chi connectivity index (χ1) is 11.1. The van der Waals surface area contributed by atoms with Gasteiger partial charge in [0.1, 0.15) is 11.6 Å². The highest BCUT2D eigenvalue weighted by molar-refractivity contribution is 7.80. The Labute approximate surface area is 141 Å². The number of benzene rings is 2. The molecule has 0 aromatic heterocycles. The SMILES string of the molecule is COc1ccc(C)cc1CCNC(=S)NCc1ccc(F)cc1. The molecule has 122 valence electrons. The van der Waals surface area contributed by atoms with E-state index in [-0.39, 0.29) is 5.82 Å². The number of rotatable bonds is 6. The van der Waals surface area contributed by atoms with Crippen molar-refractivity contribution in [2.24, 2.45) is 0 Å². The Balaban J connectivity index is 1.76. The van der Waals surface area contributed by atoms with Gasteiger partial charge < -0.3 is 15.4 Å². The maximum atomic E-state index is 12.8. The van der Waals surface area contributed by atoms with E-state index in [9.17, 15) is 4.39 Å². The standard InChI is InChI=1S/C18H21FN2OS/c1-13-3-8-17(22-2)15(11-13)9-10-20-18(23)21-12-14-4-6-16(19)7-5-14/h3-8,11H,9-10,12H2,1-2H3,(H2,20,21,23). The summed E-state index contributed by atoms with van der Waals surface area (Å²) < 4.78 is 18.2. The molecule has 3 nitrogen and oxygen atoms in total. The van der Waals surface area contributed by atoms with Crippen LogP contribution >= 0.6 is 12.2 Å². The normalized spacial score (nSPS) is 10.2. The van der Waals surface area contributed by atoms with Crippen LogP contribution in [0.1, 0.15) is 16.7 Å². The van der Waals surface area contributed by atoms with E-state index in [1.807, 2.05) is 12.1 Å². The first kappa shape index (κ1) is 17.2. The van der Waals surface area contributed by atoms with Crippen LogP contribution in [0, 0.1) is 12.7 Å². The lowest BCUT2D eigenvalue weighted by Crippen LogP contribution is -2.35. The van der Waals surface area contributed by atoms with Gasteiger partial charge in [-0.05, 0) is 54.9 Å². The Bertz CT molecular complexity index is 659. The third-order valence-corrected chi connectivity index (χ3v) is 3.77. The highest BCUT2D eigenvalue weighted by atomic mass is 32.1. The number of hydrogen-bond acceptors (Lipinski definition) is 2. The molecule has 23 heavy (non-hydrogen) atoms. The second-order valence-electron chi connectivity index (χ2n) is 5.30. The molecule has 0 saturated heterocycles. The van der Waals surface area contributed by atoms with Gasteiger partial charge in [-0.25, -0.2) is 4.39 Å². The fraction of sp³-hybridized carbons (Fsp3) is 0.278. The number of aryl methyl sites for hydroxylation is 1. The van der Waals surface area contributed by atoms with Crippen LogP contribution < -0.4 is 15.4 Å². The van der Waals surface area contributed by atoms with Crippen molar-refractivity contribution in [3.8, 4) is 5.75 Å². The highest BCUT2D eigenvalue weighted by Crippen LogP contribution is 2.19. The molecule has 2 aromatic rings. The summed E-state index contributed by atoms with van der Waals surface area (Å²) in [4.78, 5) is 0. The third kappa shape index (κ3) is 5.53. The van der Waals surface area contributed by atoms with E-state index in [0.717, 1.165) is 29.8 Å². The Kier molecular flexibility index (Phi) is 6.35. The highest BCUT2D eigenvalue weighted by Gasteiger charge is 2.04. The summed E-state index contributed by atoms with van der Waals surface area (Å²) in [5, 5.41) is 6.87. The molecule has 0 amide bonds. The van der Waals surface area contributed by atoms with E-state index in [1.165, 1.54) is 17.7 Å². The summed E-state index contributed by atoms with van der Waals surface area (Å²) >= 11 is 5.25. The Morgan fingerprint density at radius 1 is 1.13 bits per heavy atom. The Morgan fingerprint density at radius 2 is 1.87 bits per heavy atom. The molecule has 0 heterocycles.